The first-order chi connectivity index (χ1) is 19.5. The summed E-state index contributed by atoms with van der Waals surface area (Å²) in [4.78, 5) is 48.1. The molecule has 2 amide bonds. The van der Waals surface area contributed by atoms with Crippen LogP contribution in [0, 0.1) is 0 Å². The number of nitrogens with one attached hydrogen (secondary N) is 1. The minimum atomic E-state index is -0.767. The van der Waals surface area contributed by atoms with Crippen LogP contribution in [0.5, 0.6) is 11.5 Å². The third-order valence-corrected chi connectivity index (χ3v) is 5.15. The molecule has 0 aliphatic rings. The lowest BCUT2D eigenvalue weighted by atomic mass is 10.2. The Hall–Kier alpha value is -5.77. The lowest BCUT2D eigenvalue weighted by Crippen LogP contribution is -2.20. The van der Waals surface area contributed by atoms with Gasteiger partial charge in [-0.3, -0.25) is 9.59 Å². The molecule has 4 aromatic carbocycles. The van der Waals surface area contributed by atoms with Gasteiger partial charge in [0.05, 0.1) is 23.0 Å². The Labute approximate surface area is 229 Å². The average Bonchev–Trinajstić information content (AvgIpc) is 2.98. The van der Waals surface area contributed by atoms with E-state index < -0.39 is 30.2 Å². The Morgan fingerprint density at radius 2 is 1.15 bits per heavy atom. The molecule has 0 heterocycles. The molecule has 1 N–H and O–H groups in total. The molecule has 10 heteroatoms. The van der Waals surface area contributed by atoms with Crippen LogP contribution in [0.25, 0.3) is 0 Å². The summed E-state index contributed by atoms with van der Waals surface area (Å²) in [6.45, 7) is 0. The van der Waals surface area contributed by atoms with Crippen molar-refractivity contribution in [2.24, 2.45) is 15.3 Å². The monoisotopic (exact) mass is 534 g/mol. The van der Waals surface area contributed by atoms with E-state index in [1.54, 1.807) is 84.9 Å². The highest BCUT2D eigenvalue weighted by Gasteiger charge is 2.10. The van der Waals surface area contributed by atoms with Gasteiger partial charge in [0.1, 0.15) is 17.9 Å². The van der Waals surface area contributed by atoms with Gasteiger partial charge in [-0.05, 0) is 78.4 Å². The van der Waals surface area contributed by atoms with Crippen LogP contribution in [0.3, 0.4) is 0 Å². The van der Waals surface area contributed by atoms with Gasteiger partial charge in [-0.15, -0.1) is 10.2 Å². The molecule has 0 bridgehead atoms. The number of rotatable bonds is 9. The van der Waals surface area contributed by atoms with Gasteiger partial charge in [0.15, 0.2) is 0 Å². The third-order valence-electron chi connectivity index (χ3n) is 5.15. The van der Waals surface area contributed by atoms with Crippen LogP contribution in [0.1, 0.15) is 32.7 Å². The first kappa shape index (κ1) is 27.3. The van der Waals surface area contributed by atoms with Gasteiger partial charge in [-0.2, -0.15) is 5.10 Å². The van der Waals surface area contributed by atoms with Gasteiger partial charge < -0.3 is 9.47 Å². The summed E-state index contributed by atoms with van der Waals surface area (Å²) in [5, 5.41) is 11.1. The van der Waals surface area contributed by atoms with Gasteiger partial charge >= 0.3 is 11.9 Å². The number of hydrogen-bond donors (Lipinski definition) is 1. The maximum absolute atomic E-state index is 12.1. The number of carbonyl (C=O) groups excluding carboxylic acids is 4. The predicted molar refractivity (Wildman–Crippen MR) is 146 cm³/mol. The van der Waals surface area contributed by atoms with Crippen molar-refractivity contribution in [3.05, 3.63) is 126 Å². The summed E-state index contributed by atoms with van der Waals surface area (Å²) in [5.74, 6) is -1.75. The number of amides is 2. The van der Waals surface area contributed by atoms with Crippen LogP contribution in [0.2, 0.25) is 0 Å². The normalized spacial score (nSPS) is 10.8. The molecule has 0 saturated carbocycles. The zero-order valence-electron chi connectivity index (χ0n) is 21.0. The molecule has 0 spiro atoms. The van der Waals surface area contributed by atoms with Crippen LogP contribution in [0.15, 0.2) is 125 Å². The van der Waals surface area contributed by atoms with Gasteiger partial charge in [0.25, 0.3) is 5.91 Å². The lowest BCUT2D eigenvalue weighted by molar-refractivity contribution is -0.127. The fourth-order valence-corrected chi connectivity index (χ4v) is 3.19. The second kappa shape index (κ2) is 13.7. The molecule has 10 nitrogen and oxygen atoms in total. The topological polar surface area (TPSA) is 136 Å². The highest BCUT2D eigenvalue weighted by Crippen LogP contribution is 2.20. The van der Waals surface area contributed by atoms with Gasteiger partial charge in [0.2, 0.25) is 5.91 Å². The highest BCUT2D eigenvalue weighted by atomic mass is 16.5. The van der Waals surface area contributed by atoms with Crippen molar-refractivity contribution in [3.63, 3.8) is 0 Å². The number of azo groups is 1. The molecule has 198 valence electrons. The molecule has 40 heavy (non-hydrogen) atoms. The Kier molecular flexibility index (Phi) is 9.33. The number of nitrogens with zero attached hydrogens (tertiary/aromatic N) is 3. The van der Waals surface area contributed by atoms with Crippen LogP contribution in [-0.4, -0.2) is 30.0 Å². The lowest BCUT2D eigenvalue weighted by Gasteiger charge is -2.04. The quantitative estimate of drug-likeness (QED) is 0.0775. The van der Waals surface area contributed by atoms with E-state index in [2.05, 4.69) is 20.8 Å². The summed E-state index contributed by atoms with van der Waals surface area (Å²) in [5.41, 5.74) is 4.06. The molecule has 0 aromatic heterocycles. The van der Waals surface area contributed by atoms with Crippen molar-refractivity contribution in [2.75, 3.05) is 0 Å². The third kappa shape index (κ3) is 8.38. The minimum absolute atomic E-state index is 0.305. The minimum Gasteiger partial charge on any atom is -0.423 e. The fourth-order valence-electron chi connectivity index (χ4n) is 3.19. The molecular formula is C30H22N4O6. The molecule has 0 saturated heterocycles. The van der Waals surface area contributed by atoms with Crippen LogP contribution < -0.4 is 14.9 Å². The summed E-state index contributed by atoms with van der Waals surface area (Å²) in [6.07, 6.45) is 0.820. The number of hydrazone groups is 1. The molecule has 0 aliphatic carbocycles. The van der Waals surface area contributed by atoms with Crippen LogP contribution >= 0.6 is 0 Å². The largest absolute Gasteiger partial charge is 0.423 e. The molecule has 4 rings (SSSR count). The summed E-state index contributed by atoms with van der Waals surface area (Å²) in [7, 11) is 0. The summed E-state index contributed by atoms with van der Waals surface area (Å²) >= 11 is 0. The van der Waals surface area contributed by atoms with E-state index in [1.807, 2.05) is 0 Å². The number of carbonyl (C=O) groups is 4. The van der Waals surface area contributed by atoms with Gasteiger partial charge in [-0.1, -0.05) is 36.4 Å². The van der Waals surface area contributed by atoms with E-state index in [-0.39, 0.29) is 0 Å². The first-order valence-corrected chi connectivity index (χ1v) is 12.0. The molecule has 0 unspecified atom stereocenters. The van der Waals surface area contributed by atoms with E-state index in [4.69, 9.17) is 9.47 Å². The second-order valence-electron chi connectivity index (χ2n) is 8.14. The molecule has 0 aliphatic heterocycles. The van der Waals surface area contributed by atoms with Crippen LogP contribution in [-0.2, 0) is 9.59 Å². The van der Waals surface area contributed by atoms with E-state index in [9.17, 15) is 19.2 Å². The number of benzene rings is 4. The first-order valence-electron chi connectivity index (χ1n) is 12.0. The van der Waals surface area contributed by atoms with Gasteiger partial charge in [0, 0.05) is 0 Å². The molecule has 0 radical (unpaired) electrons. The van der Waals surface area contributed by atoms with Crippen molar-refractivity contribution in [2.45, 2.75) is 6.42 Å². The van der Waals surface area contributed by atoms with Crippen molar-refractivity contribution in [1.29, 1.82) is 0 Å². The van der Waals surface area contributed by atoms with Crippen molar-refractivity contribution in [1.82, 2.24) is 5.43 Å². The van der Waals surface area contributed by atoms with E-state index in [0.29, 0.717) is 33.9 Å². The highest BCUT2D eigenvalue weighted by molar-refractivity contribution is 5.97. The Morgan fingerprint density at radius 3 is 1.68 bits per heavy atom. The van der Waals surface area contributed by atoms with Gasteiger partial charge in [-0.25, -0.2) is 15.0 Å². The standard InChI is InChI=1S/C30H22N4O6/c35-27(33-31-20-21-11-15-25(16-12-21)39-29(37)22-7-3-1-4-8-22)19-28(36)34-32-24-13-17-26(18-14-24)40-30(38)23-9-5-2-6-10-23/h1-18,20H,19H2,(H,33,35)/b31-20+,34-32?. The van der Waals surface area contributed by atoms with E-state index >= 15 is 0 Å². The summed E-state index contributed by atoms with van der Waals surface area (Å²) < 4.78 is 10.6. The Balaban J connectivity index is 1.19. The maximum Gasteiger partial charge on any atom is 0.343 e. The fraction of sp³-hybridized carbons (Fsp3) is 0.0333. The Bertz CT molecular complexity index is 1540. The molecule has 0 atom stereocenters. The number of esters is 2. The molecular weight excluding hydrogens is 512 g/mol. The SMILES string of the molecule is O=C(CC(=O)N/N=C/c1ccc(OC(=O)c2ccccc2)cc1)N=Nc1ccc(OC(=O)c2ccccc2)cc1. The number of ether oxygens (including phenoxy) is 2. The smallest absolute Gasteiger partial charge is 0.343 e. The van der Waals surface area contributed by atoms with E-state index in [0.717, 1.165) is 0 Å². The van der Waals surface area contributed by atoms with Crippen LogP contribution in [0.4, 0.5) is 5.69 Å². The van der Waals surface area contributed by atoms with E-state index in [1.165, 1.54) is 30.5 Å². The second-order valence-corrected chi connectivity index (χ2v) is 8.14. The summed E-state index contributed by atoms with van der Waals surface area (Å²) in [6, 6.07) is 29.7. The van der Waals surface area contributed by atoms with Crippen molar-refractivity contribution in [3.8, 4) is 11.5 Å². The number of hydrogen-bond acceptors (Lipinski definition) is 8. The van der Waals surface area contributed by atoms with Crippen molar-refractivity contribution >= 4 is 35.7 Å². The maximum atomic E-state index is 12.1. The Morgan fingerprint density at radius 1 is 0.650 bits per heavy atom. The molecule has 4 aromatic rings. The zero-order chi connectivity index (χ0) is 28.2. The predicted octanol–water partition coefficient (Wildman–Crippen LogP) is 5.28. The average molecular weight is 535 g/mol. The molecule has 0 fully saturated rings. The van der Waals surface area contributed by atoms with Crippen molar-refractivity contribution < 1.29 is 28.7 Å². The zero-order valence-corrected chi connectivity index (χ0v) is 21.0.